The van der Waals surface area contributed by atoms with Crippen LogP contribution in [-0.2, 0) is 9.59 Å². The maximum Gasteiger partial charge on any atom is 0.322 e. The maximum atomic E-state index is 11.0. The van der Waals surface area contributed by atoms with Crippen molar-refractivity contribution in [2.45, 2.75) is 0 Å². The Labute approximate surface area is 84.7 Å². The van der Waals surface area contributed by atoms with Gasteiger partial charge in [0.25, 0.3) is 0 Å². The number of hydrogen-bond donors (Lipinski definition) is 3. The largest absolute Gasteiger partial charge is 0.480 e. The van der Waals surface area contributed by atoms with Crippen molar-refractivity contribution in [3.8, 4) is 0 Å². The second-order valence-electron chi connectivity index (χ2n) is 2.50. The summed E-state index contributed by atoms with van der Waals surface area (Å²) in [7, 11) is 0. The van der Waals surface area contributed by atoms with Crippen LogP contribution < -0.4 is 10.6 Å². The molecule has 14 heavy (non-hydrogen) atoms. The maximum absolute atomic E-state index is 11.0. The first kappa shape index (κ1) is 10.5. The quantitative estimate of drug-likeness (QED) is 0.661. The van der Waals surface area contributed by atoms with Gasteiger partial charge in [0.2, 0.25) is 5.91 Å². The fourth-order valence-electron chi connectivity index (χ4n) is 0.783. The van der Waals surface area contributed by atoms with Crippen LogP contribution >= 0.6 is 11.3 Å². The third-order valence-corrected chi connectivity index (χ3v) is 2.21. The number of carbonyl (C=O) groups excluding carboxylic acids is 1. The molecule has 0 saturated carbocycles. The van der Waals surface area contributed by atoms with Gasteiger partial charge in [-0.2, -0.15) is 0 Å². The van der Waals surface area contributed by atoms with E-state index in [1.165, 1.54) is 11.3 Å². The molecular formula is C8H10N2O3S. The number of thiophene rings is 1. The Morgan fingerprint density at radius 1 is 1.43 bits per heavy atom. The van der Waals surface area contributed by atoms with Crippen molar-refractivity contribution in [1.82, 2.24) is 5.32 Å². The van der Waals surface area contributed by atoms with Crippen LogP contribution in [0, 0.1) is 0 Å². The third-order valence-electron chi connectivity index (χ3n) is 1.38. The normalized spacial score (nSPS) is 9.43. The number of carboxylic acids is 1. The molecule has 1 aromatic heterocycles. The highest BCUT2D eigenvalue weighted by atomic mass is 32.1. The van der Waals surface area contributed by atoms with E-state index in [0.717, 1.165) is 5.00 Å². The first-order valence-electron chi connectivity index (χ1n) is 3.94. The molecule has 0 aliphatic carbocycles. The van der Waals surface area contributed by atoms with Gasteiger partial charge >= 0.3 is 5.97 Å². The SMILES string of the molecule is O=C(O)CNC(=O)CNc1cccs1. The van der Waals surface area contributed by atoms with Gasteiger partial charge in [-0.25, -0.2) is 0 Å². The Balaban J connectivity index is 2.18. The van der Waals surface area contributed by atoms with Gasteiger partial charge in [-0.15, -0.1) is 11.3 Å². The fourth-order valence-corrected chi connectivity index (χ4v) is 1.40. The van der Waals surface area contributed by atoms with Crippen molar-refractivity contribution in [1.29, 1.82) is 0 Å². The van der Waals surface area contributed by atoms with Crippen molar-refractivity contribution in [3.05, 3.63) is 17.5 Å². The summed E-state index contributed by atoms with van der Waals surface area (Å²) in [5.41, 5.74) is 0. The molecule has 1 heterocycles. The van der Waals surface area contributed by atoms with Crippen LogP contribution in [0.25, 0.3) is 0 Å². The number of aliphatic carboxylic acids is 1. The number of rotatable bonds is 5. The molecule has 0 aliphatic rings. The van der Waals surface area contributed by atoms with Crippen LogP contribution in [0.3, 0.4) is 0 Å². The van der Waals surface area contributed by atoms with E-state index in [-0.39, 0.29) is 19.0 Å². The average molecular weight is 214 g/mol. The Hall–Kier alpha value is -1.56. The summed E-state index contributed by atoms with van der Waals surface area (Å²) in [6, 6.07) is 3.71. The van der Waals surface area contributed by atoms with Crippen LogP contribution in [0.15, 0.2) is 17.5 Å². The minimum Gasteiger partial charge on any atom is -0.480 e. The van der Waals surface area contributed by atoms with E-state index in [0.29, 0.717) is 0 Å². The minimum absolute atomic E-state index is 0.0911. The van der Waals surface area contributed by atoms with Crippen molar-refractivity contribution in [2.24, 2.45) is 0 Å². The van der Waals surface area contributed by atoms with Gasteiger partial charge < -0.3 is 15.7 Å². The first-order chi connectivity index (χ1) is 6.68. The van der Waals surface area contributed by atoms with Crippen molar-refractivity contribution in [2.75, 3.05) is 18.4 Å². The molecule has 0 atom stereocenters. The molecule has 0 bridgehead atoms. The van der Waals surface area contributed by atoms with Crippen LogP contribution in [0.2, 0.25) is 0 Å². The molecule has 1 amide bonds. The molecule has 0 saturated heterocycles. The molecule has 0 radical (unpaired) electrons. The predicted octanol–water partition coefficient (Wildman–Crippen LogP) is 0.361. The number of amides is 1. The average Bonchev–Trinajstić information content (AvgIpc) is 2.63. The van der Waals surface area contributed by atoms with Gasteiger partial charge in [-0.1, -0.05) is 0 Å². The molecule has 6 heteroatoms. The van der Waals surface area contributed by atoms with Crippen LogP contribution in [-0.4, -0.2) is 30.1 Å². The lowest BCUT2D eigenvalue weighted by molar-refractivity contribution is -0.137. The lowest BCUT2D eigenvalue weighted by Gasteiger charge is -2.03. The van der Waals surface area contributed by atoms with Crippen LogP contribution in [0.1, 0.15) is 0 Å². The van der Waals surface area contributed by atoms with Gasteiger partial charge in [0.15, 0.2) is 0 Å². The Kier molecular flexibility index (Phi) is 3.93. The van der Waals surface area contributed by atoms with Crippen LogP contribution in [0.5, 0.6) is 0 Å². The Morgan fingerprint density at radius 3 is 2.79 bits per heavy atom. The van der Waals surface area contributed by atoms with Gasteiger partial charge in [-0.3, -0.25) is 9.59 Å². The van der Waals surface area contributed by atoms with Crippen LogP contribution in [0.4, 0.5) is 5.00 Å². The van der Waals surface area contributed by atoms with Gasteiger partial charge in [0, 0.05) is 0 Å². The minimum atomic E-state index is -1.05. The Bertz CT molecular complexity index is 310. The van der Waals surface area contributed by atoms with Crippen molar-refractivity contribution < 1.29 is 14.7 Å². The summed E-state index contributed by atoms with van der Waals surface area (Å²) in [6.45, 7) is -0.251. The van der Waals surface area contributed by atoms with E-state index < -0.39 is 5.97 Å². The highest BCUT2D eigenvalue weighted by Gasteiger charge is 2.03. The molecule has 0 aliphatic heterocycles. The predicted molar refractivity (Wildman–Crippen MR) is 53.5 cm³/mol. The summed E-state index contributed by atoms with van der Waals surface area (Å²) in [5, 5.41) is 16.2. The highest BCUT2D eigenvalue weighted by Crippen LogP contribution is 2.13. The van der Waals surface area contributed by atoms with E-state index >= 15 is 0 Å². The number of carbonyl (C=O) groups is 2. The van der Waals surface area contributed by atoms with E-state index in [4.69, 9.17) is 5.11 Å². The molecule has 76 valence electrons. The van der Waals surface area contributed by atoms with E-state index in [1.54, 1.807) is 0 Å². The Morgan fingerprint density at radius 2 is 2.21 bits per heavy atom. The summed E-state index contributed by atoms with van der Waals surface area (Å²) in [6.07, 6.45) is 0. The fraction of sp³-hybridized carbons (Fsp3) is 0.250. The zero-order chi connectivity index (χ0) is 10.4. The number of anilines is 1. The summed E-state index contributed by atoms with van der Waals surface area (Å²) >= 11 is 1.48. The highest BCUT2D eigenvalue weighted by molar-refractivity contribution is 7.14. The standard InChI is InChI=1S/C8H10N2O3S/c11-6(9-5-8(12)13)4-10-7-2-1-3-14-7/h1-3,10H,4-5H2,(H,9,11)(H,12,13). The van der Waals surface area contributed by atoms with E-state index in [1.807, 2.05) is 17.5 Å². The monoisotopic (exact) mass is 214 g/mol. The van der Waals surface area contributed by atoms with Gasteiger partial charge in [0.05, 0.1) is 11.5 Å². The molecule has 5 nitrogen and oxygen atoms in total. The van der Waals surface area contributed by atoms with Crippen molar-refractivity contribution in [3.63, 3.8) is 0 Å². The molecule has 1 rings (SSSR count). The molecule has 3 N–H and O–H groups in total. The molecule has 0 aromatic carbocycles. The number of carboxylic acid groups (broad SMARTS) is 1. The van der Waals surface area contributed by atoms with Gasteiger partial charge in [-0.05, 0) is 17.5 Å². The summed E-state index contributed by atoms with van der Waals surface area (Å²) in [5.74, 6) is -1.38. The van der Waals surface area contributed by atoms with E-state index in [2.05, 4.69) is 10.6 Å². The summed E-state index contributed by atoms with van der Waals surface area (Å²) in [4.78, 5) is 21.1. The molecule has 0 spiro atoms. The smallest absolute Gasteiger partial charge is 0.322 e. The lowest BCUT2D eigenvalue weighted by Crippen LogP contribution is -2.33. The molecule has 0 fully saturated rings. The first-order valence-corrected chi connectivity index (χ1v) is 4.82. The number of nitrogens with one attached hydrogen (secondary N) is 2. The molecule has 1 aromatic rings. The zero-order valence-electron chi connectivity index (χ0n) is 7.32. The van der Waals surface area contributed by atoms with Crippen molar-refractivity contribution >= 4 is 28.2 Å². The van der Waals surface area contributed by atoms with E-state index in [9.17, 15) is 9.59 Å². The second-order valence-corrected chi connectivity index (χ2v) is 3.45. The second kappa shape index (κ2) is 5.23. The lowest BCUT2D eigenvalue weighted by atomic mass is 10.5. The third kappa shape index (κ3) is 3.90. The van der Waals surface area contributed by atoms with Gasteiger partial charge in [0.1, 0.15) is 6.54 Å². The molecule has 0 unspecified atom stereocenters. The topological polar surface area (TPSA) is 78.4 Å². The number of hydrogen-bond acceptors (Lipinski definition) is 4. The zero-order valence-corrected chi connectivity index (χ0v) is 8.13. The summed E-state index contributed by atoms with van der Waals surface area (Å²) < 4.78 is 0. The molecular weight excluding hydrogens is 204 g/mol.